The molecule has 1 aromatic heterocycles. The Kier molecular flexibility index (Phi) is 5.54. The summed E-state index contributed by atoms with van der Waals surface area (Å²) in [6.07, 6.45) is 4.29. The highest BCUT2D eigenvalue weighted by molar-refractivity contribution is 7.80. The van der Waals surface area contributed by atoms with E-state index in [2.05, 4.69) is 10.6 Å². The largest absolute Gasteiger partial charge is 0.463 e. The normalized spacial score (nSPS) is 16.2. The van der Waals surface area contributed by atoms with Crippen LogP contribution in [0, 0.1) is 0 Å². The van der Waals surface area contributed by atoms with E-state index in [-0.39, 0.29) is 6.04 Å². The second-order valence-electron chi connectivity index (χ2n) is 5.78. The van der Waals surface area contributed by atoms with Crippen LogP contribution in [0.15, 0.2) is 47.1 Å². The number of furan rings is 1. The number of thiocarbonyl (C=S) groups is 1. The minimum atomic E-state index is 0.289. The number of hydrogen-bond donors (Lipinski definition) is 3. The topological polar surface area (TPSA) is 41.6 Å². The maximum atomic E-state index is 5.89. The number of quaternary nitrogens is 1. The molecule has 1 fully saturated rings. The van der Waals surface area contributed by atoms with Crippen LogP contribution in [0.2, 0.25) is 5.02 Å². The first-order valence-corrected chi connectivity index (χ1v) is 8.69. The third-order valence-electron chi connectivity index (χ3n) is 4.19. The first-order valence-electron chi connectivity index (χ1n) is 7.91. The molecule has 0 bridgehead atoms. The summed E-state index contributed by atoms with van der Waals surface area (Å²) in [5, 5.41) is 7.83. The predicted octanol–water partition coefficient (Wildman–Crippen LogP) is 2.64. The Labute approximate surface area is 146 Å². The van der Waals surface area contributed by atoms with E-state index >= 15 is 0 Å². The lowest BCUT2D eigenvalue weighted by molar-refractivity contribution is -0.919. The van der Waals surface area contributed by atoms with Crippen LogP contribution < -0.4 is 15.5 Å². The minimum Gasteiger partial charge on any atom is -0.463 e. The first kappa shape index (κ1) is 16.3. The van der Waals surface area contributed by atoms with Gasteiger partial charge in [-0.1, -0.05) is 11.6 Å². The summed E-state index contributed by atoms with van der Waals surface area (Å²) in [5.74, 6) is 1.02. The van der Waals surface area contributed by atoms with Crippen LogP contribution in [-0.4, -0.2) is 24.7 Å². The van der Waals surface area contributed by atoms with E-state index in [1.165, 1.54) is 25.9 Å². The third-order valence-corrected chi connectivity index (χ3v) is 4.69. The molecule has 2 aromatic rings. The molecule has 3 rings (SSSR count). The lowest BCUT2D eigenvalue weighted by Crippen LogP contribution is -3.11. The summed E-state index contributed by atoms with van der Waals surface area (Å²) in [7, 11) is 0. The van der Waals surface area contributed by atoms with Crippen molar-refractivity contribution in [3.05, 3.63) is 53.4 Å². The summed E-state index contributed by atoms with van der Waals surface area (Å²) >= 11 is 11.3. The molecular weight excluding hydrogens is 330 g/mol. The van der Waals surface area contributed by atoms with Gasteiger partial charge in [0.05, 0.1) is 25.9 Å². The molecule has 0 unspecified atom stereocenters. The molecule has 1 aliphatic heterocycles. The van der Waals surface area contributed by atoms with Gasteiger partial charge < -0.3 is 20.0 Å². The molecule has 1 aromatic carbocycles. The van der Waals surface area contributed by atoms with Gasteiger partial charge in [-0.15, -0.1) is 0 Å². The van der Waals surface area contributed by atoms with Gasteiger partial charge in [0.15, 0.2) is 16.9 Å². The van der Waals surface area contributed by atoms with E-state index in [1.807, 2.05) is 36.4 Å². The van der Waals surface area contributed by atoms with Crippen molar-refractivity contribution < 1.29 is 9.32 Å². The van der Waals surface area contributed by atoms with E-state index in [4.69, 9.17) is 28.2 Å². The zero-order valence-electron chi connectivity index (χ0n) is 12.8. The first-order chi connectivity index (χ1) is 11.2. The fourth-order valence-corrected chi connectivity index (χ4v) is 3.34. The molecule has 1 aliphatic rings. The average Bonchev–Trinajstić information content (AvgIpc) is 3.24. The summed E-state index contributed by atoms with van der Waals surface area (Å²) in [5.41, 5.74) is 0.926. The quantitative estimate of drug-likeness (QED) is 0.725. The van der Waals surface area contributed by atoms with E-state index in [1.54, 1.807) is 11.2 Å². The Morgan fingerprint density at radius 2 is 1.96 bits per heavy atom. The van der Waals surface area contributed by atoms with Gasteiger partial charge in [-0.05, 0) is 48.6 Å². The molecular formula is C17H21ClN3OS+. The molecule has 23 heavy (non-hydrogen) atoms. The third kappa shape index (κ3) is 4.47. The van der Waals surface area contributed by atoms with Gasteiger partial charge in [0.1, 0.15) is 0 Å². The van der Waals surface area contributed by atoms with Crippen molar-refractivity contribution in [3.63, 3.8) is 0 Å². The Balaban J connectivity index is 1.57. The minimum absolute atomic E-state index is 0.289. The monoisotopic (exact) mass is 350 g/mol. The van der Waals surface area contributed by atoms with Gasteiger partial charge in [-0.2, -0.15) is 0 Å². The SMILES string of the molecule is S=C(NC[C@@H](c1ccco1)[NH+]1CCCC1)Nc1ccc(Cl)cc1. The average molecular weight is 351 g/mol. The molecule has 1 atom stereocenters. The Morgan fingerprint density at radius 1 is 1.22 bits per heavy atom. The predicted molar refractivity (Wildman–Crippen MR) is 97.1 cm³/mol. The van der Waals surface area contributed by atoms with Crippen LogP contribution >= 0.6 is 23.8 Å². The highest BCUT2D eigenvalue weighted by Crippen LogP contribution is 2.14. The Morgan fingerprint density at radius 3 is 2.61 bits per heavy atom. The van der Waals surface area contributed by atoms with Gasteiger partial charge in [-0.25, -0.2) is 0 Å². The number of halogens is 1. The molecule has 2 heterocycles. The van der Waals surface area contributed by atoms with E-state index < -0.39 is 0 Å². The fourth-order valence-electron chi connectivity index (χ4n) is 3.02. The van der Waals surface area contributed by atoms with Gasteiger partial charge in [-0.3, -0.25) is 0 Å². The Bertz CT molecular complexity index is 624. The number of benzene rings is 1. The summed E-state index contributed by atoms with van der Waals surface area (Å²) < 4.78 is 5.63. The van der Waals surface area contributed by atoms with Crippen molar-refractivity contribution >= 4 is 34.6 Å². The van der Waals surface area contributed by atoms with Crippen LogP contribution in [0.25, 0.3) is 0 Å². The maximum Gasteiger partial charge on any atom is 0.171 e. The van der Waals surface area contributed by atoms with Crippen molar-refractivity contribution in [3.8, 4) is 0 Å². The summed E-state index contributed by atoms with van der Waals surface area (Å²) in [6, 6.07) is 11.8. The smallest absolute Gasteiger partial charge is 0.171 e. The van der Waals surface area contributed by atoms with Crippen molar-refractivity contribution in [2.75, 3.05) is 25.0 Å². The van der Waals surface area contributed by atoms with Gasteiger partial charge in [0, 0.05) is 23.6 Å². The summed E-state index contributed by atoms with van der Waals surface area (Å²) in [4.78, 5) is 1.56. The lowest BCUT2D eigenvalue weighted by Gasteiger charge is -2.23. The number of anilines is 1. The Hall–Kier alpha value is -1.56. The zero-order chi connectivity index (χ0) is 16.1. The van der Waals surface area contributed by atoms with E-state index in [9.17, 15) is 0 Å². The van der Waals surface area contributed by atoms with Crippen molar-refractivity contribution in [1.82, 2.24) is 5.32 Å². The van der Waals surface area contributed by atoms with Gasteiger partial charge in [0.2, 0.25) is 0 Å². The highest BCUT2D eigenvalue weighted by Gasteiger charge is 2.29. The molecule has 6 heteroatoms. The number of hydrogen-bond acceptors (Lipinski definition) is 2. The molecule has 0 radical (unpaired) electrons. The highest BCUT2D eigenvalue weighted by atomic mass is 35.5. The molecule has 0 saturated carbocycles. The van der Waals surface area contributed by atoms with Crippen LogP contribution in [0.3, 0.4) is 0 Å². The zero-order valence-corrected chi connectivity index (χ0v) is 14.4. The van der Waals surface area contributed by atoms with Crippen molar-refractivity contribution in [2.45, 2.75) is 18.9 Å². The van der Waals surface area contributed by atoms with Gasteiger partial charge in [0.25, 0.3) is 0 Å². The molecule has 0 amide bonds. The molecule has 0 spiro atoms. The second-order valence-corrected chi connectivity index (χ2v) is 6.62. The second kappa shape index (κ2) is 7.81. The van der Waals surface area contributed by atoms with Crippen molar-refractivity contribution in [1.29, 1.82) is 0 Å². The van der Waals surface area contributed by atoms with E-state index in [0.29, 0.717) is 10.1 Å². The lowest BCUT2D eigenvalue weighted by atomic mass is 10.2. The standard InChI is InChI=1S/C17H20ClN3OS/c18-13-5-7-14(8-6-13)20-17(23)19-12-15(16-4-3-11-22-16)21-9-1-2-10-21/h3-8,11,15H,1-2,9-10,12H2,(H2,19,20,23)/p+1/t15-/m0/s1. The molecule has 122 valence electrons. The molecule has 1 saturated heterocycles. The van der Waals surface area contributed by atoms with Crippen LogP contribution in [0.1, 0.15) is 24.6 Å². The van der Waals surface area contributed by atoms with Crippen molar-refractivity contribution in [2.24, 2.45) is 0 Å². The van der Waals surface area contributed by atoms with E-state index in [0.717, 1.165) is 18.0 Å². The summed E-state index contributed by atoms with van der Waals surface area (Å²) in [6.45, 7) is 3.12. The van der Waals surface area contributed by atoms with Crippen LogP contribution in [0.5, 0.6) is 0 Å². The fraction of sp³-hybridized carbons (Fsp3) is 0.353. The van der Waals surface area contributed by atoms with Crippen LogP contribution in [-0.2, 0) is 0 Å². The number of likely N-dealkylation sites (tertiary alicyclic amines) is 1. The molecule has 4 nitrogen and oxygen atoms in total. The molecule has 3 N–H and O–H groups in total. The number of nitrogens with one attached hydrogen (secondary N) is 3. The van der Waals surface area contributed by atoms with Gasteiger partial charge >= 0.3 is 0 Å². The van der Waals surface area contributed by atoms with Crippen LogP contribution in [0.4, 0.5) is 5.69 Å². The maximum absolute atomic E-state index is 5.89. The molecule has 0 aliphatic carbocycles. The number of rotatable bonds is 5.